The number of carbonyl (C=O) groups is 1. The van der Waals surface area contributed by atoms with Gasteiger partial charge in [-0.05, 0) is 49.2 Å². The molecule has 0 aliphatic carbocycles. The van der Waals surface area contributed by atoms with Crippen LogP contribution in [0.4, 0.5) is 11.4 Å². The van der Waals surface area contributed by atoms with Crippen LogP contribution in [0.1, 0.15) is 22.8 Å². The van der Waals surface area contributed by atoms with Gasteiger partial charge < -0.3 is 20.8 Å². The van der Waals surface area contributed by atoms with Crippen molar-refractivity contribution in [2.45, 2.75) is 19.4 Å². The Hall–Kier alpha value is -2.69. The molecular weight excluding hydrogens is 268 g/mol. The molecule has 0 radical (unpaired) electrons. The van der Waals surface area contributed by atoms with E-state index in [1.807, 2.05) is 19.1 Å². The van der Waals surface area contributed by atoms with Gasteiger partial charge in [0.25, 0.3) is 5.91 Å². The molecule has 108 valence electrons. The lowest BCUT2D eigenvalue weighted by Crippen LogP contribution is -2.35. The zero-order valence-corrected chi connectivity index (χ0v) is 11.6. The predicted molar refractivity (Wildman–Crippen MR) is 80.6 cm³/mol. The zero-order valence-electron chi connectivity index (χ0n) is 11.6. The number of hydrogen-bond donors (Lipinski definition) is 3. The van der Waals surface area contributed by atoms with Crippen LogP contribution < -0.4 is 10.6 Å². The van der Waals surface area contributed by atoms with Crippen molar-refractivity contribution in [2.75, 3.05) is 10.6 Å². The number of nitrogens with two attached hydrogens (primary N) is 1. The fourth-order valence-electron chi connectivity index (χ4n) is 2.79. The first kappa shape index (κ1) is 13.3. The molecule has 5 heteroatoms. The first-order valence-corrected chi connectivity index (χ1v) is 6.71. The number of amides is 1. The number of benzene rings is 2. The van der Waals surface area contributed by atoms with Crippen molar-refractivity contribution in [1.82, 2.24) is 0 Å². The number of anilines is 2. The largest absolute Gasteiger partial charge is 0.508 e. The molecule has 0 saturated carbocycles. The molecule has 0 saturated heterocycles. The number of hydrogen-bond acceptors (Lipinski definition) is 4. The van der Waals surface area contributed by atoms with E-state index in [4.69, 9.17) is 5.73 Å². The Morgan fingerprint density at radius 3 is 2.71 bits per heavy atom. The number of aromatic hydroxyl groups is 2. The van der Waals surface area contributed by atoms with Crippen molar-refractivity contribution in [3.05, 3.63) is 47.5 Å². The Kier molecular flexibility index (Phi) is 2.97. The number of phenolic OH excluding ortho intramolecular Hbond substituents is 2. The average molecular weight is 284 g/mol. The standard InChI is InChI=1S/C16H16N2O3/c1-9-6-10-7-11(17)2-5-14(10)18(9)16(21)13-4-3-12(19)8-15(13)20/h2-5,7-9,19-20H,6,17H2,1H3. The van der Waals surface area contributed by atoms with E-state index in [2.05, 4.69) is 0 Å². The normalized spacial score (nSPS) is 16.8. The molecular formula is C16H16N2O3. The first-order valence-electron chi connectivity index (χ1n) is 6.71. The van der Waals surface area contributed by atoms with Crippen molar-refractivity contribution in [2.24, 2.45) is 0 Å². The molecule has 2 aromatic carbocycles. The van der Waals surface area contributed by atoms with Crippen LogP contribution in [-0.4, -0.2) is 22.2 Å². The third kappa shape index (κ3) is 2.16. The second-order valence-corrected chi connectivity index (χ2v) is 5.32. The summed E-state index contributed by atoms with van der Waals surface area (Å²) in [6.07, 6.45) is 0.727. The molecule has 3 rings (SSSR count). The highest BCUT2D eigenvalue weighted by atomic mass is 16.3. The van der Waals surface area contributed by atoms with Gasteiger partial charge in [-0.2, -0.15) is 0 Å². The Bertz CT molecular complexity index is 727. The Labute approximate surface area is 122 Å². The molecule has 4 N–H and O–H groups in total. The van der Waals surface area contributed by atoms with Crippen LogP contribution in [0, 0.1) is 0 Å². The number of phenols is 2. The number of rotatable bonds is 1. The highest BCUT2D eigenvalue weighted by Crippen LogP contribution is 2.36. The summed E-state index contributed by atoms with van der Waals surface area (Å²) in [6, 6.07) is 9.42. The van der Waals surface area contributed by atoms with Crippen molar-refractivity contribution in [3.8, 4) is 11.5 Å². The molecule has 1 aliphatic rings. The third-order valence-corrected chi connectivity index (χ3v) is 3.75. The van der Waals surface area contributed by atoms with E-state index in [1.165, 1.54) is 12.1 Å². The van der Waals surface area contributed by atoms with E-state index in [1.54, 1.807) is 11.0 Å². The molecule has 5 nitrogen and oxygen atoms in total. The molecule has 0 fully saturated rings. The number of nitrogens with zero attached hydrogens (tertiary/aromatic N) is 1. The number of nitrogen functional groups attached to an aromatic ring is 1. The van der Waals surface area contributed by atoms with Gasteiger partial charge in [0.2, 0.25) is 0 Å². The quantitative estimate of drug-likeness (QED) is 0.701. The smallest absolute Gasteiger partial charge is 0.262 e. The summed E-state index contributed by atoms with van der Waals surface area (Å²) in [5, 5.41) is 19.2. The Morgan fingerprint density at radius 1 is 1.24 bits per heavy atom. The Morgan fingerprint density at radius 2 is 2.00 bits per heavy atom. The van der Waals surface area contributed by atoms with Gasteiger partial charge in [-0.3, -0.25) is 4.79 Å². The average Bonchev–Trinajstić information content (AvgIpc) is 2.73. The van der Waals surface area contributed by atoms with Gasteiger partial charge in [-0.15, -0.1) is 0 Å². The van der Waals surface area contributed by atoms with E-state index in [9.17, 15) is 15.0 Å². The minimum absolute atomic E-state index is 0.0116. The lowest BCUT2D eigenvalue weighted by Gasteiger charge is -2.23. The van der Waals surface area contributed by atoms with Crippen LogP contribution in [0.3, 0.4) is 0 Å². The van der Waals surface area contributed by atoms with Gasteiger partial charge in [0.15, 0.2) is 0 Å². The second-order valence-electron chi connectivity index (χ2n) is 5.32. The highest BCUT2D eigenvalue weighted by molar-refractivity contribution is 6.09. The third-order valence-electron chi connectivity index (χ3n) is 3.75. The first-order chi connectivity index (χ1) is 9.97. The molecule has 2 aromatic rings. The molecule has 1 aliphatic heterocycles. The predicted octanol–water partition coefficient (Wildman–Crippen LogP) is 2.27. The summed E-state index contributed by atoms with van der Waals surface area (Å²) in [6.45, 7) is 1.95. The van der Waals surface area contributed by atoms with Crippen molar-refractivity contribution in [3.63, 3.8) is 0 Å². The van der Waals surface area contributed by atoms with Crippen molar-refractivity contribution >= 4 is 17.3 Å². The van der Waals surface area contributed by atoms with E-state index in [0.717, 1.165) is 23.7 Å². The summed E-state index contributed by atoms with van der Waals surface area (Å²) in [7, 11) is 0. The summed E-state index contributed by atoms with van der Waals surface area (Å²) < 4.78 is 0. The monoisotopic (exact) mass is 284 g/mol. The molecule has 1 heterocycles. The second kappa shape index (κ2) is 4.70. The van der Waals surface area contributed by atoms with E-state index >= 15 is 0 Å². The minimum atomic E-state index is -0.288. The summed E-state index contributed by atoms with van der Waals surface area (Å²) in [4.78, 5) is 14.3. The lowest BCUT2D eigenvalue weighted by atomic mass is 10.1. The molecule has 1 unspecified atom stereocenters. The van der Waals surface area contributed by atoms with Crippen molar-refractivity contribution < 1.29 is 15.0 Å². The number of carbonyl (C=O) groups excluding carboxylic acids is 1. The number of fused-ring (bicyclic) bond motifs is 1. The molecule has 0 bridgehead atoms. The Balaban J connectivity index is 2.03. The van der Waals surface area contributed by atoms with Crippen LogP contribution in [-0.2, 0) is 6.42 Å². The maximum atomic E-state index is 12.7. The van der Waals surface area contributed by atoms with Gasteiger partial charge in [0, 0.05) is 23.5 Å². The van der Waals surface area contributed by atoms with Crippen LogP contribution in [0.25, 0.3) is 0 Å². The van der Waals surface area contributed by atoms with Gasteiger partial charge in [-0.1, -0.05) is 0 Å². The minimum Gasteiger partial charge on any atom is -0.508 e. The van der Waals surface area contributed by atoms with Gasteiger partial charge in [0.1, 0.15) is 11.5 Å². The highest BCUT2D eigenvalue weighted by Gasteiger charge is 2.32. The SMILES string of the molecule is CC1Cc2cc(N)ccc2N1C(=O)c1ccc(O)cc1O. The maximum absolute atomic E-state index is 12.7. The van der Waals surface area contributed by atoms with Crippen LogP contribution in [0.15, 0.2) is 36.4 Å². The van der Waals surface area contributed by atoms with Gasteiger partial charge >= 0.3 is 0 Å². The molecule has 0 spiro atoms. The fourth-order valence-corrected chi connectivity index (χ4v) is 2.79. The van der Waals surface area contributed by atoms with Crippen LogP contribution in [0.5, 0.6) is 11.5 Å². The fraction of sp³-hybridized carbons (Fsp3) is 0.188. The lowest BCUT2D eigenvalue weighted by molar-refractivity contribution is 0.0979. The van der Waals surface area contributed by atoms with Gasteiger partial charge in [-0.25, -0.2) is 0 Å². The van der Waals surface area contributed by atoms with E-state index < -0.39 is 0 Å². The van der Waals surface area contributed by atoms with Gasteiger partial charge in [0.05, 0.1) is 5.56 Å². The van der Waals surface area contributed by atoms with Crippen LogP contribution in [0.2, 0.25) is 0 Å². The molecule has 1 atom stereocenters. The molecule has 1 amide bonds. The summed E-state index contributed by atoms with van der Waals surface area (Å²) in [5.74, 6) is -0.591. The zero-order chi connectivity index (χ0) is 15.1. The molecule has 21 heavy (non-hydrogen) atoms. The van der Waals surface area contributed by atoms with E-state index in [-0.39, 0.29) is 29.0 Å². The van der Waals surface area contributed by atoms with Crippen LogP contribution >= 0.6 is 0 Å². The van der Waals surface area contributed by atoms with Crippen molar-refractivity contribution in [1.29, 1.82) is 0 Å². The summed E-state index contributed by atoms with van der Waals surface area (Å²) in [5.41, 5.74) is 8.45. The molecule has 0 aromatic heterocycles. The maximum Gasteiger partial charge on any atom is 0.262 e. The van der Waals surface area contributed by atoms with E-state index in [0.29, 0.717) is 5.69 Å². The topological polar surface area (TPSA) is 86.8 Å². The summed E-state index contributed by atoms with van der Waals surface area (Å²) >= 11 is 0.